The molecule has 0 amide bonds. The summed E-state index contributed by atoms with van der Waals surface area (Å²) in [6.07, 6.45) is 1.13. The number of aliphatic imine (C=N–C) groups is 1. The molecule has 3 rings (SSSR count). The van der Waals surface area contributed by atoms with E-state index in [1.807, 2.05) is 7.05 Å². The Morgan fingerprint density at radius 3 is 2.52 bits per heavy atom. The molecule has 5 nitrogen and oxygen atoms in total. The SMILES string of the molecule is CN=C(NCc1cccc(CN(C)C)c1)NC1CC(C)N(Cc2ccccc2)C1. The number of guanidine groups is 1. The fourth-order valence-corrected chi connectivity index (χ4v) is 4.02. The summed E-state index contributed by atoms with van der Waals surface area (Å²) >= 11 is 0. The summed E-state index contributed by atoms with van der Waals surface area (Å²) in [6.45, 7) is 6.09. The first-order valence-corrected chi connectivity index (χ1v) is 10.5. The summed E-state index contributed by atoms with van der Waals surface area (Å²) < 4.78 is 0. The largest absolute Gasteiger partial charge is 0.352 e. The maximum Gasteiger partial charge on any atom is 0.191 e. The zero-order valence-corrected chi connectivity index (χ0v) is 18.2. The minimum atomic E-state index is 0.417. The molecule has 0 aromatic heterocycles. The number of hydrogen-bond donors (Lipinski definition) is 2. The third kappa shape index (κ3) is 6.58. The second-order valence-electron chi connectivity index (χ2n) is 8.32. The molecule has 2 atom stereocenters. The van der Waals surface area contributed by atoms with Crippen molar-refractivity contribution < 1.29 is 0 Å². The topological polar surface area (TPSA) is 42.9 Å². The summed E-state index contributed by atoms with van der Waals surface area (Å²) in [5.41, 5.74) is 3.98. The van der Waals surface area contributed by atoms with Crippen molar-refractivity contribution in [1.82, 2.24) is 20.4 Å². The Balaban J connectivity index is 1.50. The van der Waals surface area contributed by atoms with E-state index in [0.29, 0.717) is 12.1 Å². The molecular formula is C24H35N5. The third-order valence-electron chi connectivity index (χ3n) is 5.45. The Bertz CT molecular complexity index is 787. The molecule has 0 radical (unpaired) electrons. The van der Waals surface area contributed by atoms with Gasteiger partial charge in [-0.1, -0.05) is 54.6 Å². The molecule has 1 heterocycles. The van der Waals surface area contributed by atoms with Crippen molar-refractivity contribution >= 4 is 5.96 Å². The van der Waals surface area contributed by atoms with Gasteiger partial charge in [-0.2, -0.15) is 0 Å². The van der Waals surface area contributed by atoms with Gasteiger partial charge in [0.15, 0.2) is 5.96 Å². The van der Waals surface area contributed by atoms with E-state index in [4.69, 9.17) is 0 Å². The highest BCUT2D eigenvalue weighted by atomic mass is 15.3. The van der Waals surface area contributed by atoms with E-state index in [1.165, 1.54) is 16.7 Å². The molecule has 1 aliphatic heterocycles. The molecule has 2 unspecified atom stereocenters. The van der Waals surface area contributed by atoms with Crippen molar-refractivity contribution in [2.45, 2.75) is 45.1 Å². The fraction of sp³-hybridized carbons (Fsp3) is 0.458. The Hall–Kier alpha value is -2.37. The van der Waals surface area contributed by atoms with Crippen LogP contribution in [0.5, 0.6) is 0 Å². The van der Waals surface area contributed by atoms with Gasteiger partial charge in [-0.05, 0) is 44.1 Å². The average molecular weight is 394 g/mol. The predicted octanol–water partition coefficient (Wildman–Crippen LogP) is 3.08. The first kappa shape index (κ1) is 21.3. The van der Waals surface area contributed by atoms with Crippen LogP contribution < -0.4 is 10.6 Å². The van der Waals surface area contributed by atoms with Crippen LogP contribution in [0.2, 0.25) is 0 Å². The first-order valence-electron chi connectivity index (χ1n) is 10.5. The van der Waals surface area contributed by atoms with E-state index < -0.39 is 0 Å². The zero-order chi connectivity index (χ0) is 20.6. The Morgan fingerprint density at radius 1 is 1.07 bits per heavy atom. The van der Waals surface area contributed by atoms with Gasteiger partial charge in [0.05, 0.1) is 0 Å². The van der Waals surface area contributed by atoms with Crippen LogP contribution >= 0.6 is 0 Å². The van der Waals surface area contributed by atoms with Gasteiger partial charge in [-0.15, -0.1) is 0 Å². The van der Waals surface area contributed by atoms with E-state index in [-0.39, 0.29) is 0 Å². The summed E-state index contributed by atoms with van der Waals surface area (Å²) in [4.78, 5) is 9.18. The first-order chi connectivity index (χ1) is 14.0. The normalized spacial score (nSPS) is 20.2. The van der Waals surface area contributed by atoms with Crippen LogP contribution in [-0.2, 0) is 19.6 Å². The van der Waals surface area contributed by atoms with Crippen molar-refractivity contribution in [2.24, 2.45) is 4.99 Å². The lowest BCUT2D eigenvalue weighted by Gasteiger charge is -2.21. The monoisotopic (exact) mass is 393 g/mol. The highest BCUT2D eigenvalue weighted by Gasteiger charge is 2.29. The van der Waals surface area contributed by atoms with Crippen LogP contribution in [0.3, 0.4) is 0 Å². The fourth-order valence-electron chi connectivity index (χ4n) is 4.02. The second kappa shape index (κ2) is 10.4. The van der Waals surface area contributed by atoms with Crippen molar-refractivity contribution in [1.29, 1.82) is 0 Å². The number of rotatable bonds is 7. The molecule has 2 N–H and O–H groups in total. The molecule has 0 spiro atoms. The highest BCUT2D eigenvalue weighted by molar-refractivity contribution is 5.80. The van der Waals surface area contributed by atoms with Gasteiger partial charge in [-0.3, -0.25) is 9.89 Å². The van der Waals surface area contributed by atoms with Crippen molar-refractivity contribution in [3.8, 4) is 0 Å². The third-order valence-corrected chi connectivity index (χ3v) is 5.45. The standard InChI is InChI=1S/C24H35N5/c1-19-13-23(18-29(19)17-20-9-6-5-7-10-20)27-24(25-2)26-15-21-11-8-12-22(14-21)16-28(3)4/h5-12,14,19,23H,13,15-18H2,1-4H3,(H2,25,26,27). The van der Waals surface area contributed by atoms with Gasteiger partial charge < -0.3 is 15.5 Å². The zero-order valence-electron chi connectivity index (χ0n) is 18.2. The van der Waals surface area contributed by atoms with Crippen LogP contribution in [0.25, 0.3) is 0 Å². The Kier molecular flexibility index (Phi) is 7.67. The maximum atomic E-state index is 4.44. The summed E-state index contributed by atoms with van der Waals surface area (Å²) in [5.74, 6) is 0.877. The number of likely N-dealkylation sites (tertiary alicyclic amines) is 1. The minimum absolute atomic E-state index is 0.417. The van der Waals surface area contributed by atoms with Gasteiger partial charge in [0.25, 0.3) is 0 Å². The summed E-state index contributed by atoms with van der Waals surface area (Å²) in [7, 11) is 6.04. The lowest BCUT2D eigenvalue weighted by atomic mass is 10.1. The van der Waals surface area contributed by atoms with Crippen molar-refractivity contribution in [3.05, 3.63) is 71.3 Å². The molecule has 1 fully saturated rings. The quantitative estimate of drug-likeness (QED) is 0.560. The lowest BCUT2D eigenvalue weighted by Crippen LogP contribution is -2.44. The smallest absolute Gasteiger partial charge is 0.191 e. The molecule has 1 aliphatic rings. The van der Waals surface area contributed by atoms with Gasteiger partial charge in [0, 0.05) is 45.3 Å². The van der Waals surface area contributed by atoms with E-state index in [9.17, 15) is 0 Å². The van der Waals surface area contributed by atoms with Crippen molar-refractivity contribution in [2.75, 3.05) is 27.7 Å². The molecule has 156 valence electrons. The van der Waals surface area contributed by atoms with E-state index >= 15 is 0 Å². The van der Waals surface area contributed by atoms with Crippen LogP contribution in [0, 0.1) is 0 Å². The van der Waals surface area contributed by atoms with E-state index in [0.717, 1.165) is 38.6 Å². The Labute approximate surface area is 175 Å². The van der Waals surface area contributed by atoms with Crippen LogP contribution in [0.4, 0.5) is 0 Å². The molecule has 0 bridgehead atoms. The number of nitrogens with one attached hydrogen (secondary N) is 2. The molecule has 29 heavy (non-hydrogen) atoms. The number of benzene rings is 2. The van der Waals surface area contributed by atoms with Gasteiger partial charge >= 0.3 is 0 Å². The minimum Gasteiger partial charge on any atom is -0.352 e. The molecule has 2 aromatic rings. The number of nitrogens with zero attached hydrogens (tertiary/aromatic N) is 3. The van der Waals surface area contributed by atoms with Crippen molar-refractivity contribution in [3.63, 3.8) is 0 Å². The number of hydrogen-bond acceptors (Lipinski definition) is 3. The summed E-state index contributed by atoms with van der Waals surface area (Å²) in [5, 5.41) is 7.10. The van der Waals surface area contributed by atoms with Gasteiger partial charge in [0.2, 0.25) is 0 Å². The molecule has 5 heteroatoms. The molecule has 2 aromatic carbocycles. The van der Waals surface area contributed by atoms with Gasteiger partial charge in [0.1, 0.15) is 0 Å². The lowest BCUT2D eigenvalue weighted by molar-refractivity contribution is 0.258. The van der Waals surface area contributed by atoms with Crippen LogP contribution in [-0.4, -0.2) is 55.5 Å². The van der Waals surface area contributed by atoms with Crippen LogP contribution in [0.1, 0.15) is 30.0 Å². The van der Waals surface area contributed by atoms with E-state index in [2.05, 4.69) is 101 Å². The highest BCUT2D eigenvalue weighted by Crippen LogP contribution is 2.20. The second-order valence-corrected chi connectivity index (χ2v) is 8.32. The van der Waals surface area contributed by atoms with E-state index in [1.54, 1.807) is 0 Å². The molecule has 0 saturated carbocycles. The van der Waals surface area contributed by atoms with Gasteiger partial charge in [-0.25, -0.2) is 0 Å². The molecule has 1 saturated heterocycles. The average Bonchev–Trinajstić information content (AvgIpc) is 3.04. The molecular weight excluding hydrogens is 358 g/mol. The Morgan fingerprint density at radius 2 is 1.79 bits per heavy atom. The summed E-state index contributed by atoms with van der Waals surface area (Å²) in [6, 6.07) is 20.4. The molecule has 0 aliphatic carbocycles. The van der Waals surface area contributed by atoms with Crippen LogP contribution in [0.15, 0.2) is 59.6 Å². The predicted molar refractivity (Wildman–Crippen MR) is 122 cm³/mol. The maximum absolute atomic E-state index is 4.44.